The molecule has 1 aliphatic heterocycles. The number of anilines is 1. The summed E-state index contributed by atoms with van der Waals surface area (Å²) in [7, 11) is -0.237. The van der Waals surface area contributed by atoms with Crippen molar-refractivity contribution in [1.29, 1.82) is 0 Å². The van der Waals surface area contributed by atoms with Crippen molar-refractivity contribution in [1.82, 2.24) is 14.4 Å². The number of hydrogen-bond donors (Lipinski definition) is 0. The van der Waals surface area contributed by atoms with Gasteiger partial charge in [0.25, 0.3) is 0 Å². The summed E-state index contributed by atoms with van der Waals surface area (Å²) in [6, 6.07) is 15.2. The Bertz CT molecular complexity index is 1030. The van der Waals surface area contributed by atoms with Crippen LogP contribution in [0.1, 0.15) is 25.2 Å². The maximum atomic E-state index is 13.4. The molecule has 1 fully saturated rings. The van der Waals surface area contributed by atoms with Gasteiger partial charge in [-0.3, -0.25) is 0 Å². The molecule has 0 aliphatic carbocycles. The highest BCUT2D eigenvalue weighted by molar-refractivity contribution is 8.12. The molecule has 31 heavy (non-hydrogen) atoms. The fourth-order valence-electron chi connectivity index (χ4n) is 3.47. The van der Waals surface area contributed by atoms with Crippen LogP contribution in [0.2, 0.25) is 0 Å². The van der Waals surface area contributed by atoms with E-state index in [1.807, 2.05) is 32.0 Å². The molecule has 1 unspecified atom stereocenters. The number of ether oxygens (including phenoxy) is 1. The van der Waals surface area contributed by atoms with Crippen molar-refractivity contribution in [2.75, 3.05) is 31.1 Å². The Hall–Kier alpha value is -2.71. The van der Waals surface area contributed by atoms with E-state index in [4.69, 9.17) is 9.26 Å². The van der Waals surface area contributed by atoms with Gasteiger partial charge >= 0.3 is 6.01 Å². The summed E-state index contributed by atoms with van der Waals surface area (Å²) in [6.45, 7) is 7.33. The number of piperazine rings is 1. The predicted molar refractivity (Wildman–Crippen MR) is 122 cm³/mol. The topological polar surface area (TPSA) is 54.6 Å². The molecule has 0 bridgehead atoms. The average Bonchev–Trinajstić information content (AvgIpc) is 3.22. The fraction of sp³-hybridized carbons (Fsp3) is 0.348. The second-order valence-electron chi connectivity index (χ2n) is 7.72. The highest BCUT2D eigenvalue weighted by Crippen LogP contribution is 2.32. The van der Waals surface area contributed by atoms with Crippen LogP contribution < -0.4 is 9.64 Å². The van der Waals surface area contributed by atoms with Gasteiger partial charge in [0.1, 0.15) is 11.6 Å². The van der Waals surface area contributed by atoms with Crippen molar-refractivity contribution in [3.05, 3.63) is 65.7 Å². The minimum atomic E-state index is -0.261. The molecule has 3 aromatic rings. The number of hydrogen-bond acceptors (Lipinski definition) is 6. The zero-order valence-corrected chi connectivity index (χ0v) is 18.6. The van der Waals surface area contributed by atoms with Crippen LogP contribution in [0.4, 0.5) is 10.4 Å². The Labute approximate surface area is 184 Å². The first-order valence-electron chi connectivity index (χ1n) is 10.4. The van der Waals surface area contributed by atoms with E-state index in [1.165, 1.54) is 17.0 Å². The molecule has 0 saturated carbocycles. The second kappa shape index (κ2) is 9.62. The molecule has 0 amide bonds. The van der Waals surface area contributed by atoms with E-state index in [0.717, 1.165) is 37.5 Å². The van der Waals surface area contributed by atoms with Gasteiger partial charge in [-0.05, 0) is 55.8 Å². The summed E-state index contributed by atoms with van der Waals surface area (Å²) in [5.74, 6) is 5.57. The molecule has 0 radical (unpaired) electrons. The summed E-state index contributed by atoms with van der Waals surface area (Å²) in [6.07, 6.45) is 0.607. The van der Waals surface area contributed by atoms with Crippen LogP contribution in [0, 0.1) is 5.82 Å². The molecule has 0 spiro atoms. The van der Waals surface area contributed by atoms with Gasteiger partial charge in [-0.2, -0.15) is 4.98 Å². The highest BCUT2D eigenvalue weighted by Gasteiger charge is 2.23. The lowest BCUT2D eigenvalue weighted by Gasteiger charge is -2.35. The van der Waals surface area contributed by atoms with Crippen molar-refractivity contribution in [2.45, 2.75) is 31.3 Å². The van der Waals surface area contributed by atoms with Crippen LogP contribution in [-0.2, 0) is 6.42 Å². The van der Waals surface area contributed by atoms with Crippen molar-refractivity contribution in [2.24, 2.45) is 0 Å². The monoisotopic (exact) mass is 442 g/mol. The van der Waals surface area contributed by atoms with Crippen LogP contribution in [0.25, 0.3) is 0 Å². The Balaban J connectivity index is 1.32. The van der Waals surface area contributed by atoms with Crippen molar-refractivity contribution >= 4 is 22.6 Å². The standard InChI is InChI=1S/C23H27FN4O2S/c1-17(2)29-20-7-9-21(10-8-20)31(3)28-13-11-27(12-14-28)23-25-22(26-30-23)16-18-5-4-6-19(24)15-18/h4-10,15,17H,3,11-14,16H2,1-2H3. The molecule has 2 aromatic carbocycles. The van der Waals surface area contributed by atoms with Gasteiger partial charge < -0.3 is 14.2 Å². The zero-order chi connectivity index (χ0) is 21.8. The van der Waals surface area contributed by atoms with E-state index in [0.29, 0.717) is 18.3 Å². The van der Waals surface area contributed by atoms with Crippen LogP contribution in [0.5, 0.6) is 5.75 Å². The number of nitrogens with zero attached hydrogens (tertiary/aromatic N) is 4. The molecule has 1 aliphatic rings. The second-order valence-corrected chi connectivity index (χ2v) is 9.44. The highest BCUT2D eigenvalue weighted by atomic mass is 32.2. The third-order valence-corrected chi connectivity index (χ3v) is 6.80. The first-order valence-corrected chi connectivity index (χ1v) is 11.7. The van der Waals surface area contributed by atoms with Gasteiger partial charge in [0.05, 0.1) is 6.10 Å². The summed E-state index contributed by atoms with van der Waals surface area (Å²) in [5, 5.41) is 4.06. The zero-order valence-electron chi connectivity index (χ0n) is 17.8. The minimum absolute atomic E-state index is 0.163. The lowest BCUT2D eigenvalue weighted by atomic mass is 10.1. The maximum Gasteiger partial charge on any atom is 0.324 e. The van der Waals surface area contributed by atoms with Crippen LogP contribution in [-0.4, -0.2) is 52.6 Å². The Morgan fingerprint density at radius 3 is 2.55 bits per heavy atom. The molecule has 164 valence electrons. The van der Waals surface area contributed by atoms with Gasteiger partial charge in [-0.15, -0.1) is 0 Å². The third kappa shape index (κ3) is 5.51. The smallest absolute Gasteiger partial charge is 0.324 e. The Kier molecular flexibility index (Phi) is 6.67. The van der Waals surface area contributed by atoms with Crippen molar-refractivity contribution < 1.29 is 13.7 Å². The Morgan fingerprint density at radius 1 is 1.13 bits per heavy atom. The summed E-state index contributed by atoms with van der Waals surface area (Å²) in [5.41, 5.74) is 0.822. The summed E-state index contributed by atoms with van der Waals surface area (Å²) >= 11 is 0. The molecule has 1 aromatic heterocycles. The average molecular weight is 443 g/mol. The molecule has 4 rings (SSSR count). The van der Waals surface area contributed by atoms with E-state index in [-0.39, 0.29) is 22.6 Å². The van der Waals surface area contributed by atoms with E-state index in [9.17, 15) is 4.39 Å². The molecule has 1 saturated heterocycles. The van der Waals surface area contributed by atoms with Gasteiger partial charge in [-0.25, -0.2) is 8.70 Å². The SMILES string of the molecule is C=S(c1ccc(OC(C)C)cc1)N1CCN(c2nc(Cc3cccc(F)c3)no2)CC1. The molecule has 1 atom stereocenters. The Morgan fingerprint density at radius 2 is 1.87 bits per heavy atom. The number of halogens is 1. The molecule has 6 nitrogen and oxygen atoms in total. The number of aromatic nitrogens is 2. The largest absolute Gasteiger partial charge is 0.491 e. The van der Waals surface area contributed by atoms with Crippen LogP contribution >= 0.6 is 10.7 Å². The molecule has 8 heteroatoms. The van der Waals surface area contributed by atoms with Gasteiger partial charge in [-0.1, -0.05) is 33.8 Å². The predicted octanol–water partition coefficient (Wildman–Crippen LogP) is 4.38. The quantitative estimate of drug-likeness (QED) is 0.506. The molecular formula is C23H27FN4O2S. The number of benzene rings is 2. The normalized spacial score (nSPS) is 15.9. The van der Waals surface area contributed by atoms with Crippen molar-refractivity contribution in [3.63, 3.8) is 0 Å². The van der Waals surface area contributed by atoms with Crippen molar-refractivity contribution in [3.8, 4) is 5.75 Å². The lowest BCUT2D eigenvalue weighted by molar-refractivity contribution is 0.242. The van der Waals surface area contributed by atoms with E-state index in [1.54, 1.807) is 6.07 Å². The van der Waals surface area contributed by atoms with Gasteiger partial charge in [0.15, 0.2) is 5.82 Å². The summed E-state index contributed by atoms with van der Waals surface area (Å²) in [4.78, 5) is 7.79. The first-order chi connectivity index (χ1) is 15.0. The maximum absolute atomic E-state index is 13.4. The van der Waals surface area contributed by atoms with E-state index < -0.39 is 0 Å². The molecular weight excluding hydrogens is 415 g/mol. The fourth-order valence-corrected chi connectivity index (χ4v) is 4.82. The number of rotatable bonds is 7. The van der Waals surface area contributed by atoms with Crippen LogP contribution in [0.3, 0.4) is 0 Å². The van der Waals surface area contributed by atoms with Gasteiger partial charge in [0.2, 0.25) is 0 Å². The third-order valence-electron chi connectivity index (χ3n) is 5.00. The van der Waals surface area contributed by atoms with Crippen LogP contribution in [0.15, 0.2) is 57.9 Å². The van der Waals surface area contributed by atoms with Gasteiger partial charge in [0, 0.05) is 37.5 Å². The minimum Gasteiger partial charge on any atom is -0.491 e. The molecule has 2 heterocycles. The lowest BCUT2D eigenvalue weighted by Crippen LogP contribution is -2.44. The molecule has 0 N–H and O–H groups in total. The van der Waals surface area contributed by atoms with E-state index in [2.05, 4.69) is 37.3 Å². The van der Waals surface area contributed by atoms with E-state index >= 15 is 0 Å². The summed E-state index contributed by atoms with van der Waals surface area (Å²) < 4.78 is 26.9. The first kappa shape index (κ1) is 21.5.